The lowest BCUT2D eigenvalue weighted by Gasteiger charge is -2.24. The molecule has 0 fully saturated rings. The number of para-hydroxylation sites is 1. The summed E-state index contributed by atoms with van der Waals surface area (Å²) in [6.45, 7) is 6.61. The third kappa shape index (κ3) is 3.37. The number of rotatable bonds is 5. The first-order chi connectivity index (χ1) is 16.5. The maximum Gasteiger partial charge on any atom is 0.340 e. The summed E-state index contributed by atoms with van der Waals surface area (Å²) in [5.41, 5.74) is 7.74. The molecule has 1 unspecified atom stereocenters. The molecule has 1 aliphatic rings. The second-order valence-electron chi connectivity index (χ2n) is 8.61. The maximum atomic E-state index is 13.5. The summed E-state index contributed by atoms with van der Waals surface area (Å²) in [5, 5.41) is 11.3. The van der Waals surface area contributed by atoms with Crippen LogP contribution in [0.1, 0.15) is 47.1 Å². The van der Waals surface area contributed by atoms with Gasteiger partial charge in [-0.3, -0.25) is 4.98 Å². The molecule has 0 saturated carbocycles. The fraction of sp³-hybridized carbons (Fsp3) is 0.286. The Balaban J connectivity index is 1.85. The summed E-state index contributed by atoms with van der Waals surface area (Å²) < 4.78 is 13.4. The molecule has 0 saturated heterocycles. The Hall–Kier alpha value is -3.64. The number of methoxy groups -OCH3 is 1. The molecule has 0 spiro atoms. The van der Waals surface area contributed by atoms with E-state index in [2.05, 4.69) is 16.5 Å². The number of esters is 1. The van der Waals surface area contributed by atoms with Crippen LogP contribution in [0, 0.1) is 6.92 Å². The van der Waals surface area contributed by atoms with Gasteiger partial charge in [0.1, 0.15) is 5.75 Å². The highest BCUT2D eigenvalue weighted by molar-refractivity contribution is 6.08. The molecule has 1 atom stereocenters. The number of aromatic nitrogens is 2. The van der Waals surface area contributed by atoms with E-state index < -0.39 is 6.10 Å². The summed E-state index contributed by atoms with van der Waals surface area (Å²) >= 11 is 0. The van der Waals surface area contributed by atoms with Crippen LogP contribution >= 0.6 is 0 Å². The van der Waals surface area contributed by atoms with Gasteiger partial charge in [0.2, 0.25) is 0 Å². The number of carbonyl (C=O) groups excluding carboxylic acids is 1. The van der Waals surface area contributed by atoms with Gasteiger partial charge in [-0.2, -0.15) is 0 Å². The Kier molecular flexibility index (Phi) is 5.62. The number of nitrogens with zero attached hydrogens (tertiary/aromatic N) is 2. The molecule has 3 heterocycles. The van der Waals surface area contributed by atoms with Gasteiger partial charge in [-0.25, -0.2) is 4.79 Å². The highest BCUT2D eigenvalue weighted by atomic mass is 16.5. The van der Waals surface area contributed by atoms with Crippen molar-refractivity contribution in [3.63, 3.8) is 0 Å². The number of pyridine rings is 1. The monoisotopic (exact) mass is 456 g/mol. The summed E-state index contributed by atoms with van der Waals surface area (Å²) in [5.74, 6) is 0.248. The second kappa shape index (κ2) is 8.61. The van der Waals surface area contributed by atoms with Crippen LogP contribution in [0.15, 0.2) is 48.7 Å². The van der Waals surface area contributed by atoms with Crippen molar-refractivity contribution < 1.29 is 19.4 Å². The Labute approximate surface area is 198 Å². The molecule has 5 rings (SSSR count). The van der Waals surface area contributed by atoms with Gasteiger partial charge in [-0.15, -0.1) is 0 Å². The van der Waals surface area contributed by atoms with E-state index in [1.807, 2.05) is 49.4 Å². The largest absolute Gasteiger partial charge is 0.496 e. The summed E-state index contributed by atoms with van der Waals surface area (Å²) in [6, 6.07) is 13.9. The third-order valence-corrected chi connectivity index (χ3v) is 6.67. The zero-order valence-electron chi connectivity index (χ0n) is 19.9. The third-order valence-electron chi connectivity index (χ3n) is 6.67. The molecule has 34 heavy (non-hydrogen) atoms. The predicted octanol–water partition coefficient (Wildman–Crippen LogP) is 5.47. The van der Waals surface area contributed by atoms with Crippen LogP contribution in [-0.4, -0.2) is 34.3 Å². The highest BCUT2D eigenvalue weighted by Crippen LogP contribution is 2.45. The summed E-state index contributed by atoms with van der Waals surface area (Å²) in [6.07, 6.45) is 1.91. The van der Waals surface area contributed by atoms with Crippen molar-refractivity contribution >= 4 is 16.9 Å². The minimum Gasteiger partial charge on any atom is -0.496 e. The Morgan fingerprint density at radius 2 is 2.00 bits per heavy atom. The Bertz CT molecular complexity index is 1410. The molecule has 2 aromatic carbocycles. The van der Waals surface area contributed by atoms with E-state index >= 15 is 0 Å². The summed E-state index contributed by atoms with van der Waals surface area (Å²) in [4.78, 5) is 18.1. The van der Waals surface area contributed by atoms with Crippen molar-refractivity contribution in [2.75, 3.05) is 13.7 Å². The van der Waals surface area contributed by atoms with Crippen LogP contribution < -0.4 is 4.74 Å². The number of ether oxygens (including phenoxy) is 2. The molecular weight excluding hydrogens is 428 g/mol. The average Bonchev–Trinajstić information content (AvgIpc) is 3.15. The van der Waals surface area contributed by atoms with Gasteiger partial charge in [0, 0.05) is 46.1 Å². The molecule has 4 aromatic rings. The van der Waals surface area contributed by atoms with Crippen LogP contribution in [0.5, 0.6) is 5.75 Å². The van der Waals surface area contributed by atoms with Crippen molar-refractivity contribution in [3.05, 3.63) is 71.0 Å². The first kappa shape index (κ1) is 22.2. The van der Waals surface area contributed by atoms with Crippen LogP contribution in [0.2, 0.25) is 0 Å². The van der Waals surface area contributed by atoms with Crippen molar-refractivity contribution in [2.45, 2.75) is 39.8 Å². The lowest BCUT2D eigenvalue weighted by Crippen LogP contribution is -2.15. The van der Waals surface area contributed by atoms with Gasteiger partial charge in [-0.1, -0.05) is 24.3 Å². The van der Waals surface area contributed by atoms with E-state index in [1.54, 1.807) is 20.2 Å². The zero-order valence-corrected chi connectivity index (χ0v) is 19.9. The minimum absolute atomic E-state index is 0.285. The van der Waals surface area contributed by atoms with Crippen LogP contribution in [0.4, 0.5) is 0 Å². The fourth-order valence-electron chi connectivity index (χ4n) is 5.14. The standard InChI is InChI=1S/C28H28N2O4/c1-5-34-28(32)25-24(20-10-6-8-18-9-7-12-29-26(18)20)16(2)30-13-11-19-14-21(17(3)31)23(33-4)15-22(19)27(25)30/h6-10,12,14-15,17,31H,5,11,13H2,1-4H3. The van der Waals surface area contributed by atoms with Crippen molar-refractivity contribution in [1.82, 2.24) is 9.55 Å². The molecule has 0 amide bonds. The number of hydrogen-bond acceptors (Lipinski definition) is 5. The second-order valence-corrected chi connectivity index (χ2v) is 8.61. The summed E-state index contributed by atoms with van der Waals surface area (Å²) in [7, 11) is 1.60. The van der Waals surface area contributed by atoms with Gasteiger partial charge >= 0.3 is 5.97 Å². The van der Waals surface area contributed by atoms with E-state index in [9.17, 15) is 9.90 Å². The molecule has 0 bridgehead atoms. The number of aliphatic hydroxyl groups is 1. The van der Waals surface area contributed by atoms with Crippen molar-refractivity contribution in [3.8, 4) is 28.1 Å². The number of aliphatic hydroxyl groups excluding tert-OH is 1. The molecule has 6 nitrogen and oxygen atoms in total. The van der Waals surface area contributed by atoms with Crippen LogP contribution in [-0.2, 0) is 17.7 Å². The van der Waals surface area contributed by atoms with Crippen molar-refractivity contribution in [2.24, 2.45) is 0 Å². The lowest BCUT2D eigenvalue weighted by atomic mass is 9.91. The number of carbonyl (C=O) groups is 1. The Morgan fingerprint density at radius 1 is 1.21 bits per heavy atom. The van der Waals surface area contributed by atoms with Gasteiger partial charge in [0.05, 0.1) is 36.6 Å². The molecule has 2 aromatic heterocycles. The molecule has 1 N–H and O–H groups in total. The Morgan fingerprint density at radius 3 is 2.74 bits per heavy atom. The van der Waals surface area contributed by atoms with E-state index in [0.717, 1.165) is 63.1 Å². The number of benzene rings is 2. The van der Waals surface area contributed by atoms with Crippen LogP contribution in [0.3, 0.4) is 0 Å². The maximum absolute atomic E-state index is 13.5. The topological polar surface area (TPSA) is 73.6 Å². The molecule has 174 valence electrons. The highest BCUT2D eigenvalue weighted by Gasteiger charge is 2.33. The lowest BCUT2D eigenvalue weighted by molar-refractivity contribution is 0.0528. The first-order valence-electron chi connectivity index (χ1n) is 11.6. The molecular formula is C28H28N2O4. The SMILES string of the molecule is CCOC(=O)c1c(-c2cccc3cccnc23)c(C)n2c1-c1cc(OC)c(C(C)O)cc1CC2. The van der Waals surface area contributed by atoms with Gasteiger partial charge in [0.15, 0.2) is 0 Å². The smallest absolute Gasteiger partial charge is 0.340 e. The van der Waals surface area contributed by atoms with Crippen LogP contribution in [0.25, 0.3) is 33.3 Å². The zero-order chi connectivity index (χ0) is 24.0. The van der Waals surface area contributed by atoms with E-state index in [4.69, 9.17) is 9.47 Å². The molecule has 0 aliphatic carbocycles. The van der Waals surface area contributed by atoms with Gasteiger partial charge < -0.3 is 19.1 Å². The number of hydrogen-bond donors (Lipinski definition) is 1. The molecule has 1 aliphatic heterocycles. The minimum atomic E-state index is -0.655. The van der Waals surface area contributed by atoms with E-state index in [1.165, 1.54) is 0 Å². The average molecular weight is 457 g/mol. The molecule has 0 radical (unpaired) electrons. The number of fused-ring (bicyclic) bond motifs is 4. The number of aryl methyl sites for hydroxylation is 1. The fourth-order valence-corrected chi connectivity index (χ4v) is 5.14. The van der Waals surface area contributed by atoms with E-state index in [0.29, 0.717) is 11.3 Å². The van der Waals surface area contributed by atoms with Gasteiger partial charge in [0.25, 0.3) is 0 Å². The molecule has 6 heteroatoms. The van der Waals surface area contributed by atoms with Gasteiger partial charge in [-0.05, 0) is 51.0 Å². The normalized spacial score (nSPS) is 13.3. The quantitative estimate of drug-likeness (QED) is 0.403. The first-order valence-corrected chi connectivity index (χ1v) is 11.6. The van der Waals surface area contributed by atoms with Crippen molar-refractivity contribution in [1.29, 1.82) is 0 Å². The predicted molar refractivity (Wildman–Crippen MR) is 132 cm³/mol. The van der Waals surface area contributed by atoms with E-state index in [-0.39, 0.29) is 12.6 Å².